The van der Waals surface area contributed by atoms with Crippen molar-refractivity contribution in [3.63, 3.8) is 0 Å². The van der Waals surface area contributed by atoms with Crippen molar-refractivity contribution in [3.8, 4) is 6.07 Å². The molecule has 0 saturated heterocycles. The summed E-state index contributed by atoms with van der Waals surface area (Å²) in [5, 5.41) is 13.1. The molecule has 0 amide bonds. The third kappa shape index (κ3) is 3.19. The molecule has 0 aliphatic heterocycles. The van der Waals surface area contributed by atoms with Crippen molar-refractivity contribution >= 4 is 5.82 Å². The molecule has 2 heterocycles. The van der Waals surface area contributed by atoms with Gasteiger partial charge in [0.1, 0.15) is 23.9 Å². The van der Waals surface area contributed by atoms with Crippen molar-refractivity contribution in [1.82, 2.24) is 4.98 Å². The fourth-order valence-corrected chi connectivity index (χ4v) is 3.34. The fraction of sp³-hybridized carbons (Fsp3) is 0.421. The summed E-state index contributed by atoms with van der Waals surface area (Å²) in [5.41, 5.74) is 5.84. The third-order valence-electron chi connectivity index (χ3n) is 4.51. The summed E-state index contributed by atoms with van der Waals surface area (Å²) in [4.78, 5) is 7.55. The minimum absolute atomic E-state index is 0.427. The Hall–Kier alpha value is -2.41. The van der Waals surface area contributed by atoms with Crippen molar-refractivity contribution in [2.45, 2.75) is 52.0 Å². The van der Waals surface area contributed by atoms with Crippen LogP contribution < -0.4 is 10.3 Å². The highest BCUT2D eigenvalue weighted by atomic mass is 15.0. The molecule has 1 aliphatic carbocycles. The zero-order valence-electron chi connectivity index (χ0n) is 13.8. The first kappa shape index (κ1) is 15.5. The standard InChI is InChI=1S/C19H22N4/c1-13(2)18-16-6-4-3-5-15(16)17(11-20)19(23-18)22-12-14-7-9-21-10-8-14/h7-10,13H,3-6,12H2,1-2H3,(H,22,23)/p+1. The van der Waals surface area contributed by atoms with Crippen molar-refractivity contribution < 1.29 is 4.98 Å². The Morgan fingerprint density at radius 1 is 1.22 bits per heavy atom. The van der Waals surface area contributed by atoms with E-state index in [1.165, 1.54) is 29.7 Å². The molecule has 23 heavy (non-hydrogen) atoms. The predicted molar refractivity (Wildman–Crippen MR) is 90.0 cm³/mol. The van der Waals surface area contributed by atoms with Crippen LogP contribution in [0.15, 0.2) is 24.5 Å². The summed E-state index contributed by atoms with van der Waals surface area (Å²) in [6.07, 6.45) is 8.06. The average molecular weight is 307 g/mol. The zero-order valence-corrected chi connectivity index (χ0v) is 13.8. The maximum atomic E-state index is 9.68. The smallest absolute Gasteiger partial charge is 0.269 e. The van der Waals surface area contributed by atoms with Gasteiger partial charge >= 0.3 is 0 Å². The van der Waals surface area contributed by atoms with Gasteiger partial charge in [0.15, 0.2) is 0 Å². The number of fused-ring (bicyclic) bond motifs is 1. The van der Waals surface area contributed by atoms with E-state index in [4.69, 9.17) is 0 Å². The minimum Gasteiger partial charge on any atom is -0.269 e. The summed E-state index contributed by atoms with van der Waals surface area (Å²) < 4.78 is 0. The topological polar surface area (TPSA) is 62.9 Å². The Morgan fingerprint density at radius 3 is 2.57 bits per heavy atom. The lowest BCUT2D eigenvalue weighted by atomic mass is 9.85. The van der Waals surface area contributed by atoms with Crippen molar-refractivity contribution in [1.29, 1.82) is 5.26 Å². The van der Waals surface area contributed by atoms with Crippen molar-refractivity contribution in [2.75, 3.05) is 5.32 Å². The second-order valence-corrected chi connectivity index (χ2v) is 6.43. The van der Waals surface area contributed by atoms with Gasteiger partial charge in [-0.2, -0.15) is 5.26 Å². The molecular weight excluding hydrogens is 284 g/mol. The van der Waals surface area contributed by atoms with Gasteiger partial charge in [-0.05, 0) is 54.5 Å². The Morgan fingerprint density at radius 2 is 1.91 bits per heavy atom. The van der Waals surface area contributed by atoms with E-state index in [9.17, 15) is 5.26 Å². The van der Waals surface area contributed by atoms with E-state index < -0.39 is 0 Å². The van der Waals surface area contributed by atoms with Gasteiger partial charge in [-0.15, -0.1) is 0 Å². The molecule has 0 spiro atoms. The summed E-state index contributed by atoms with van der Waals surface area (Å²) in [7, 11) is 0. The van der Waals surface area contributed by atoms with Crippen LogP contribution in [0, 0.1) is 11.3 Å². The molecule has 118 valence electrons. The first-order valence-electron chi connectivity index (χ1n) is 8.34. The van der Waals surface area contributed by atoms with E-state index >= 15 is 0 Å². The summed E-state index contributed by atoms with van der Waals surface area (Å²) in [6, 6.07) is 6.39. The van der Waals surface area contributed by atoms with Crippen LogP contribution in [0.5, 0.6) is 0 Å². The second kappa shape index (κ2) is 6.78. The Labute approximate surface area is 137 Å². The number of aromatic nitrogens is 2. The van der Waals surface area contributed by atoms with Crippen LogP contribution in [-0.2, 0) is 19.4 Å². The normalized spacial score (nSPS) is 13.5. The van der Waals surface area contributed by atoms with E-state index in [1.807, 2.05) is 12.1 Å². The van der Waals surface area contributed by atoms with E-state index in [0.29, 0.717) is 12.5 Å². The number of nitrogens with one attached hydrogen (secondary N) is 2. The lowest BCUT2D eigenvalue weighted by Crippen LogP contribution is -2.26. The molecule has 0 saturated carbocycles. The monoisotopic (exact) mass is 307 g/mol. The lowest BCUT2D eigenvalue weighted by molar-refractivity contribution is -0.377. The number of nitriles is 1. The van der Waals surface area contributed by atoms with Gasteiger partial charge < -0.3 is 0 Å². The molecule has 2 aromatic rings. The maximum absolute atomic E-state index is 9.68. The molecule has 0 fully saturated rings. The molecule has 3 rings (SSSR count). The van der Waals surface area contributed by atoms with Gasteiger partial charge in [-0.25, -0.2) is 4.98 Å². The number of hydrogen-bond donors (Lipinski definition) is 1. The Bertz CT molecular complexity index is 729. The molecule has 0 unspecified atom stereocenters. The molecule has 2 N–H and O–H groups in total. The molecule has 0 aromatic carbocycles. The van der Waals surface area contributed by atoms with Crippen LogP contribution in [-0.4, -0.2) is 4.98 Å². The first-order valence-corrected chi connectivity index (χ1v) is 8.34. The second-order valence-electron chi connectivity index (χ2n) is 6.43. The van der Waals surface area contributed by atoms with E-state index in [0.717, 1.165) is 29.8 Å². The van der Waals surface area contributed by atoms with Gasteiger partial charge in [0.2, 0.25) is 0 Å². The molecular formula is C19H23N4+. The SMILES string of the molecule is CC(C)c1[nH+]c(NCc2ccncc2)c(C#N)c2c1CCCC2. The number of pyridine rings is 2. The molecule has 4 nitrogen and oxygen atoms in total. The first-order chi connectivity index (χ1) is 11.2. The minimum atomic E-state index is 0.427. The highest BCUT2D eigenvalue weighted by Gasteiger charge is 2.26. The number of rotatable bonds is 4. The van der Waals surface area contributed by atoms with E-state index in [-0.39, 0.29) is 0 Å². The number of aromatic amines is 1. The van der Waals surface area contributed by atoms with Crippen LogP contribution >= 0.6 is 0 Å². The van der Waals surface area contributed by atoms with Crippen molar-refractivity contribution in [3.05, 3.63) is 52.5 Å². The van der Waals surface area contributed by atoms with Gasteiger partial charge in [-0.1, -0.05) is 13.8 Å². The maximum Gasteiger partial charge on any atom is 0.291 e. The Balaban J connectivity index is 1.98. The third-order valence-corrected chi connectivity index (χ3v) is 4.51. The average Bonchev–Trinajstić information content (AvgIpc) is 2.59. The number of nitrogens with zero attached hydrogens (tertiary/aromatic N) is 2. The summed E-state index contributed by atoms with van der Waals surface area (Å²) in [5.74, 6) is 1.28. The van der Waals surface area contributed by atoms with Gasteiger partial charge in [0.25, 0.3) is 5.82 Å². The molecule has 1 aliphatic rings. The highest BCUT2D eigenvalue weighted by molar-refractivity contribution is 5.56. The number of hydrogen-bond acceptors (Lipinski definition) is 3. The van der Waals surface area contributed by atoms with E-state index in [1.54, 1.807) is 12.4 Å². The Kier molecular flexibility index (Phi) is 4.57. The van der Waals surface area contributed by atoms with Crippen LogP contribution in [0.4, 0.5) is 5.82 Å². The summed E-state index contributed by atoms with van der Waals surface area (Å²) in [6.45, 7) is 5.10. The van der Waals surface area contributed by atoms with Crippen LogP contribution in [0.1, 0.15) is 60.6 Å². The lowest BCUT2D eigenvalue weighted by Gasteiger charge is -2.21. The number of anilines is 1. The highest BCUT2D eigenvalue weighted by Crippen LogP contribution is 2.31. The molecule has 0 radical (unpaired) electrons. The van der Waals surface area contributed by atoms with Crippen LogP contribution in [0.25, 0.3) is 0 Å². The van der Waals surface area contributed by atoms with Crippen molar-refractivity contribution in [2.24, 2.45) is 0 Å². The van der Waals surface area contributed by atoms with E-state index in [2.05, 4.69) is 35.2 Å². The predicted octanol–water partition coefficient (Wildman–Crippen LogP) is 3.38. The molecule has 0 atom stereocenters. The quantitative estimate of drug-likeness (QED) is 0.942. The van der Waals surface area contributed by atoms with Gasteiger partial charge in [0.05, 0.1) is 0 Å². The van der Waals surface area contributed by atoms with Crippen LogP contribution in [0.2, 0.25) is 0 Å². The number of H-pyrrole nitrogens is 1. The fourth-order valence-electron chi connectivity index (χ4n) is 3.34. The van der Waals surface area contributed by atoms with Gasteiger partial charge in [-0.3, -0.25) is 10.3 Å². The molecule has 0 bridgehead atoms. The zero-order chi connectivity index (χ0) is 16.2. The molecule has 4 heteroatoms. The largest absolute Gasteiger partial charge is 0.291 e. The van der Waals surface area contributed by atoms with Crippen LogP contribution in [0.3, 0.4) is 0 Å². The molecule has 2 aromatic heterocycles. The van der Waals surface area contributed by atoms with Gasteiger partial charge in [0, 0.05) is 18.3 Å². The summed E-state index contributed by atoms with van der Waals surface area (Å²) >= 11 is 0.